The first-order valence-electron chi connectivity index (χ1n) is 4.42. The molecule has 0 aliphatic carbocycles. The van der Waals surface area contributed by atoms with Crippen molar-refractivity contribution in [2.75, 3.05) is 18.9 Å². The molecule has 2 rings (SSSR count). The van der Waals surface area contributed by atoms with Gasteiger partial charge in [0.25, 0.3) is 0 Å². The minimum absolute atomic E-state index is 0.0433. The Kier molecular flexibility index (Phi) is 2.74. The number of aromatic nitrogens is 1. The van der Waals surface area contributed by atoms with Gasteiger partial charge in [0.1, 0.15) is 16.9 Å². The van der Waals surface area contributed by atoms with E-state index in [1.54, 1.807) is 12.1 Å². The van der Waals surface area contributed by atoms with Crippen molar-refractivity contribution in [1.29, 1.82) is 0 Å². The lowest BCUT2D eigenvalue weighted by atomic mass is 10.3. The zero-order valence-corrected chi connectivity index (χ0v) is 8.33. The van der Waals surface area contributed by atoms with Crippen molar-refractivity contribution < 1.29 is 9.47 Å². The van der Waals surface area contributed by atoms with Gasteiger partial charge in [-0.1, -0.05) is 11.6 Å². The highest BCUT2D eigenvalue weighted by atomic mass is 35.5. The molecule has 1 aromatic rings. The van der Waals surface area contributed by atoms with Crippen LogP contribution in [-0.2, 0) is 4.74 Å². The maximum absolute atomic E-state index is 5.89. The van der Waals surface area contributed by atoms with Crippen LogP contribution in [0.4, 0.5) is 5.82 Å². The minimum Gasteiger partial charge on any atom is -0.471 e. The normalized spacial score (nSPS) is 21.1. The Bertz CT molecular complexity index is 327. The molecule has 1 saturated heterocycles. The number of rotatable bonds is 2. The molecule has 1 aromatic heterocycles. The second-order valence-corrected chi connectivity index (χ2v) is 3.53. The van der Waals surface area contributed by atoms with Crippen molar-refractivity contribution in [3.63, 3.8) is 0 Å². The molecule has 2 N–H and O–H groups in total. The Balaban J connectivity index is 2.10. The molecule has 0 radical (unpaired) electrons. The van der Waals surface area contributed by atoms with Crippen molar-refractivity contribution in [3.8, 4) is 5.88 Å². The summed E-state index contributed by atoms with van der Waals surface area (Å²) >= 11 is 5.89. The molecule has 5 heteroatoms. The second kappa shape index (κ2) is 4.02. The highest BCUT2D eigenvalue weighted by Crippen LogP contribution is 2.25. The van der Waals surface area contributed by atoms with Gasteiger partial charge in [-0.2, -0.15) is 4.98 Å². The zero-order valence-electron chi connectivity index (χ0n) is 7.57. The van der Waals surface area contributed by atoms with Gasteiger partial charge < -0.3 is 15.2 Å². The van der Waals surface area contributed by atoms with Crippen molar-refractivity contribution in [2.45, 2.75) is 12.5 Å². The summed E-state index contributed by atoms with van der Waals surface area (Å²) in [5.41, 5.74) is 5.52. The summed E-state index contributed by atoms with van der Waals surface area (Å²) in [4.78, 5) is 4.00. The number of nitrogens with zero attached hydrogens (tertiary/aromatic N) is 1. The molecule has 1 aliphatic heterocycles. The highest BCUT2D eigenvalue weighted by molar-refractivity contribution is 6.31. The Morgan fingerprint density at radius 1 is 1.57 bits per heavy atom. The summed E-state index contributed by atoms with van der Waals surface area (Å²) in [6.07, 6.45) is 0.911. The highest BCUT2D eigenvalue weighted by Gasteiger charge is 2.19. The maximum Gasteiger partial charge on any atom is 0.234 e. The van der Waals surface area contributed by atoms with Gasteiger partial charge in [0, 0.05) is 6.42 Å². The molecule has 1 aliphatic rings. The number of ether oxygens (including phenoxy) is 2. The van der Waals surface area contributed by atoms with Gasteiger partial charge in [-0.25, -0.2) is 0 Å². The number of pyridine rings is 1. The van der Waals surface area contributed by atoms with E-state index in [4.69, 9.17) is 26.8 Å². The van der Waals surface area contributed by atoms with Crippen LogP contribution in [-0.4, -0.2) is 24.3 Å². The molecule has 2 heterocycles. The SMILES string of the molecule is Nc1ccc(Cl)c(O[C@@H]2CCOC2)n1. The standard InChI is InChI=1S/C9H11ClN2O2/c10-7-1-2-8(11)12-9(7)14-6-3-4-13-5-6/h1-2,6H,3-5H2,(H2,11,12)/t6-/m1/s1. The topological polar surface area (TPSA) is 57.4 Å². The summed E-state index contributed by atoms with van der Waals surface area (Å²) in [7, 11) is 0. The molecule has 0 unspecified atom stereocenters. The first kappa shape index (κ1) is 9.55. The number of hydrogen-bond acceptors (Lipinski definition) is 4. The molecule has 76 valence electrons. The van der Waals surface area contributed by atoms with Gasteiger partial charge >= 0.3 is 0 Å². The third kappa shape index (κ3) is 2.08. The number of nitrogens with two attached hydrogens (primary N) is 1. The van der Waals surface area contributed by atoms with Crippen molar-refractivity contribution in [2.24, 2.45) is 0 Å². The lowest BCUT2D eigenvalue weighted by Gasteiger charge is -2.11. The third-order valence-electron chi connectivity index (χ3n) is 2.00. The Labute approximate surface area is 87.0 Å². The van der Waals surface area contributed by atoms with E-state index in [2.05, 4.69) is 4.98 Å². The van der Waals surface area contributed by atoms with Gasteiger partial charge in [0.2, 0.25) is 5.88 Å². The van der Waals surface area contributed by atoms with Gasteiger partial charge in [-0.15, -0.1) is 0 Å². The molecule has 1 fully saturated rings. The number of halogens is 1. The number of nitrogen functional groups attached to an aromatic ring is 1. The van der Waals surface area contributed by atoms with Crippen LogP contribution in [0.1, 0.15) is 6.42 Å². The van der Waals surface area contributed by atoms with Crippen LogP contribution in [0.2, 0.25) is 5.02 Å². The van der Waals surface area contributed by atoms with E-state index < -0.39 is 0 Å². The van der Waals surface area contributed by atoms with E-state index in [-0.39, 0.29) is 6.10 Å². The van der Waals surface area contributed by atoms with Crippen molar-refractivity contribution >= 4 is 17.4 Å². The molecular weight excluding hydrogens is 204 g/mol. The first-order chi connectivity index (χ1) is 6.75. The average Bonchev–Trinajstić information content (AvgIpc) is 2.64. The van der Waals surface area contributed by atoms with E-state index in [1.807, 2.05) is 0 Å². The Hall–Kier alpha value is -1.00. The number of anilines is 1. The summed E-state index contributed by atoms with van der Waals surface area (Å²) in [5.74, 6) is 0.797. The van der Waals surface area contributed by atoms with Gasteiger partial charge in [-0.3, -0.25) is 0 Å². The lowest BCUT2D eigenvalue weighted by molar-refractivity contribution is 0.138. The van der Waals surface area contributed by atoms with Crippen molar-refractivity contribution in [1.82, 2.24) is 4.98 Å². The molecule has 0 amide bonds. The van der Waals surface area contributed by atoms with E-state index in [9.17, 15) is 0 Å². The Morgan fingerprint density at radius 3 is 3.14 bits per heavy atom. The molecule has 0 aromatic carbocycles. The van der Waals surface area contributed by atoms with Crippen LogP contribution in [0.5, 0.6) is 5.88 Å². The van der Waals surface area contributed by atoms with E-state index in [1.165, 1.54) is 0 Å². The molecule has 0 spiro atoms. The fourth-order valence-electron chi connectivity index (χ4n) is 1.28. The summed E-state index contributed by atoms with van der Waals surface area (Å²) < 4.78 is 10.7. The van der Waals surface area contributed by atoms with Crippen molar-refractivity contribution in [3.05, 3.63) is 17.2 Å². The largest absolute Gasteiger partial charge is 0.471 e. The van der Waals surface area contributed by atoms with E-state index >= 15 is 0 Å². The fourth-order valence-corrected chi connectivity index (χ4v) is 1.43. The quantitative estimate of drug-likeness (QED) is 0.811. The van der Waals surface area contributed by atoms with E-state index in [0.717, 1.165) is 13.0 Å². The molecule has 0 saturated carbocycles. The molecular formula is C9H11ClN2O2. The number of hydrogen-bond donors (Lipinski definition) is 1. The van der Waals surface area contributed by atoms with Crippen LogP contribution in [0.3, 0.4) is 0 Å². The van der Waals surface area contributed by atoms with Crippen LogP contribution in [0.25, 0.3) is 0 Å². The molecule has 0 bridgehead atoms. The fraction of sp³-hybridized carbons (Fsp3) is 0.444. The molecule has 4 nitrogen and oxygen atoms in total. The van der Waals surface area contributed by atoms with Crippen LogP contribution < -0.4 is 10.5 Å². The third-order valence-corrected chi connectivity index (χ3v) is 2.29. The summed E-state index contributed by atoms with van der Waals surface area (Å²) in [5, 5.41) is 0.478. The second-order valence-electron chi connectivity index (χ2n) is 3.13. The average molecular weight is 215 g/mol. The van der Waals surface area contributed by atoms with Gasteiger partial charge in [0.15, 0.2) is 0 Å². The van der Waals surface area contributed by atoms with Crippen LogP contribution in [0, 0.1) is 0 Å². The summed E-state index contributed by atoms with van der Waals surface area (Å²) in [6.45, 7) is 1.32. The minimum atomic E-state index is 0.0433. The molecule has 1 atom stereocenters. The smallest absolute Gasteiger partial charge is 0.234 e. The van der Waals surface area contributed by atoms with Gasteiger partial charge in [-0.05, 0) is 12.1 Å². The zero-order chi connectivity index (χ0) is 9.97. The predicted molar refractivity (Wildman–Crippen MR) is 53.5 cm³/mol. The first-order valence-corrected chi connectivity index (χ1v) is 4.80. The van der Waals surface area contributed by atoms with E-state index in [0.29, 0.717) is 23.3 Å². The summed E-state index contributed by atoms with van der Waals surface area (Å²) in [6, 6.07) is 3.31. The predicted octanol–water partition coefficient (Wildman–Crippen LogP) is 1.48. The van der Waals surface area contributed by atoms with Crippen LogP contribution >= 0.6 is 11.6 Å². The lowest BCUT2D eigenvalue weighted by Crippen LogP contribution is -2.16. The monoisotopic (exact) mass is 214 g/mol. The maximum atomic E-state index is 5.89. The van der Waals surface area contributed by atoms with Crippen LogP contribution in [0.15, 0.2) is 12.1 Å². The molecule has 14 heavy (non-hydrogen) atoms. The van der Waals surface area contributed by atoms with Gasteiger partial charge in [0.05, 0.1) is 13.2 Å². The Morgan fingerprint density at radius 2 is 2.43 bits per heavy atom.